The highest BCUT2D eigenvalue weighted by Gasteiger charge is 2.14. The van der Waals surface area contributed by atoms with Gasteiger partial charge < -0.3 is 10.4 Å². The summed E-state index contributed by atoms with van der Waals surface area (Å²) >= 11 is 1.34. The zero-order valence-corrected chi connectivity index (χ0v) is 11.3. The Balaban J connectivity index is 2.39. The molecule has 0 saturated heterocycles. The van der Waals surface area contributed by atoms with Crippen molar-refractivity contribution < 1.29 is 14.3 Å². The van der Waals surface area contributed by atoms with Crippen molar-refractivity contribution in [2.75, 3.05) is 12.4 Å². The van der Waals surface area contributed by atoms with Crippen LogP contribution in [0, 0.1) is 11.7 Å². The molecular weight excluding hydrogens is 253 g/mol. The van der Waals surface area contributed by atoms with Crippen LogP contribution in [0.5, 0.6) is 0 Å². The molecule has 0 aliphatic carbocycles. The van der Waals surface area contributed by atoms with Gasteiger partial charge in [-0.25, -0.2) is 4.39 Å². The summed E-state index contributed by atoms with van der Waals surface area (Å²) in [6.45, 7) is 3.81. The summed E-state index contributed by atoms with van der Waals surface area (Å²) in [4.78, 5) is 12.5. The Morgan fingerprint density at radius 3 is 2.50 bits per heavy atom. The highest BCUT2D eigenvalue weighted by atomic mass is 32.2. The number of aliphatic hydroxyl groups is 1. The van der Waals surface area contributed by atoms with Gasteiger partial charge in [0.05, 0.1) is 18.4 Å². The molecule has 1 amide bonds. The number of rotatable bonds is 6. The van der Waals surface area contributed by atoms with E-state index in [4.69, 9.17) is 5.11 Å². The van der Waals surface area contributed by atoms with Gasteiger partial charge in [0.1, 0.15) is 5.82 Å². The van der Waals surface area contributed by atoms with Gasteiger partial charge in [-0.05, 0) is 30.2 Å². The van der Waals surface area contributed by atoms with Crippen molar-refractivity contribution in [3.05, 3.63) is 30.1 Å². The van der Waals surface area contributed by atoms with Gasteiger partial charge in [0.2, 0.25) is 5.91 Å². The van der Waals surface area contributed by atoms with E-state index >= 15 is 0 Å². The number of benzene rings is 1. The van der Waals surface area contributed by atoms with Crippen LogP contribution in [0.3, 0.4) is 0 Å². The molecule has 0 heterocycles. The summed E-state index contributed by atoms with van der Waals surface area (Å²) in [6.07, 6.45) is 0. The summed E-state index contributed by atoms with van der Waals surface area (Å²) < 4.78 is 12.7. The van der Waals surface area contributed by atoms with Crippen molar-refractivity contribution >= 4 is 17.7 Å². The topological polar surface area (TPSA) is 49.3 Å². The molecule has 3 nitrogen and oxygen atoms in total. The van der Waals surface area contributed by atoms with Gasteiger partial charge in [0, 0.05) is 4.90 Å². The maximum atomic E-state index is 12.7. The molecule has 0 saturated carbocycles. The Morgan fingerprint density at radius 2 is 2.00 bits per heavy atom. The fraction of sp³-hybridized carbons (Fsp3) is 0.462. The molecule has 0 radical (unpaired) electrons. The molecule has 0 spiro atoms. The lowest BCUT2D eigenvalue weighted by molar-refractivity contribution is -0.119. The number of carbonyl (C=O) groups excluding carboxylic acids is 1. The molecule has 18 heavy (non-hydrogen) atoms. The Hall–Kier alpha value is -1.07. The summed E-state index contributed by atoms with van der Waals surface area (Å²) in [5.41, 5.74) is 0. The number of hydrogen-bond donors (Lipinski definition) is 2. The Labute approximate surface area is 111 Å². The van der Waals surface area contributed by atoms with Crippen molar-refractivity contribution in [3.8, 4) is 0 Å². The quantitative estimate of drug-likeness (QED) is 0.779. The number of halogens is 1. The third-order valence-electron chi connectivity index (χ3n) is 2.53. The van der Waals surface area contributed by atoms with Gasteiger partial charge in [-0.2, -0.15) is 0 Å². The first-order valence-electron chi connectivity index (χ1n) is 5.81. The second kappa shape index (κ2) is 7.38. The molecular formula is C13H18FNO2S. The average Bonchev–Trinajstić information content (AvgIpc) is 2.35. The molecule has 1 rings (SSSR count). The van der Waals surface area contributed by atoms with Crippen LogP contribution in [0.1, 0.15) is 13.8 Å². The van der Waals surface area contributed by atoms with Gasteiger partial charge in [-0.3, -0.25) is 4.79 Å². The molecule has 0 unspecified atom stereocenters. The minimum atomic E-state index is -0.288. The smallest absolute Gasteiger partial charge is 0.230 e. The van der Waals surface area contributed by atoms with Gasteiger partial charge in [0.15, 0.2) is 0 Å². The molecule has 5 heteroatoms. The summed E-state index contributed by atoms with van der Waals surface area (Å²) in [6, 6.07) is 5.79. The standard InChI is InChI=1S/C13H18FNO2S/c1-9(2)12(7-16)15-13(17)8-18-11-5-3-10(14)4-6-11/h3-6,9,12,16H,7-8H2,1-2H3,(H,15,17)/t12-/m1/s1. The van der Waals surface area contributed by atoms with E-state index in [2.05, 4.69) is 5.32 Å². The number of nitrogens with one attached hydrogen (secondary N) is 1. The van der Waals surface area contributed by atoms with Gasteiger partial charge in [0.25, 0.3) is 0 Å². The van der Waals surface area contributed by atoms with Crippen molar-refractivity contribution in [3.63, 3.8) is 0 Å². The van der Waals surface area contributed by atoms with E-state index in [-0.39, 0.29) is 36.0 Å². The van der Waals surface area contributed by atoms with E-state index in [0.29, 0.717) is 0 Å². The van der Waals surface area contributed by atoms with E-state index in [0.717, 1.165) is 4.90 Å². The predicted molar refractivity (Wildman–Crippen MR) is 71.0 cm³/mol. The molecule has 1 aromatic carbocycles. The highest BCUT2D eigenvalue weighted by Crippen LogP contribution is 2.17. The maximum Gasteiger partial charge on any atom is 0.230 e. The number of thioether (sulfide) groups is 1. The second-order valence-corrected chi connectivity index (χ2v) is 5.39. The minimum absolute atomic E-state index is 0.0649. The zero-order chi connectivity index (χ0) is 13.5. The SMILES string of the molecule is CC(C)[C@@H](CO)NC(=O)CSc1ccc(F)cc1. The van der Waals surface area contributed by atoms with Crippen LogP contribution in [-0.4, -0.2) is 29.4 Å². The van der Waals surface area contributed by atoms with Crippen LogP contribution < -0.4 is 5.32 Å². The van der Waals surface area contributed by atoms with Crippen molar-refractivity contribution in [1.29, 1.82) is 0 Å². The molecule has 0 aliphatic rings. The molecule has 1 aromatic rings. The summed E-state index contributed by atoms with van der Waals surface area (Å²) in [7, 11) is 0. The second-order valence-electron chi connectivity index (χ2n) is 4.34. The molecule has 100 valence electrons. The first-order valence-corrected chi connectivity index (χ1v) is 6.80. The fourth-order valence-corrected chi connectivity index (χ4v) is 2.06. The van der Waals surface area contributed by atoms with Crippen LogP contribution in [0.15, 0.2) is 29.2 Å². The Bertz CT molecular complexity index is 381. The third-order valence-corrected chi connectivity index (χ3v) is 3.54. The third kappa shape index (κ3) is 5.06. The number of hydrogen-bond acceptors (Lipinski definition) is 3. The predicted octanol–water partition coefficient (Wildman–Crippen LogP) is 2.05. The van der Waals surface area contributed by atoms with Gasteiger partial charge in [-0.1, -0.05) is 13.8 Å². The zero-order valence-electron chi connectivity index (χ0n) is 10.5. The monoisotopic (exact) mass is 271 g/mol. The minimum Gasteiger partial charge on any atom is -0.394 e. The molecule has 0 bridgehead atoms. The lowest BCUT2D eigenvalue weighted by Gasteiger charge is -2.19. The number of aliphatic hydroxyl groups excluding tert-OH is 1. The molecule has 0 aromatic heterocycles. The van der Waals surface area contributed by atoms with Crippen LogP contribution in [0.25, 0.3) is 0 Å². The molecule has 0 aliphatic heterocycles. The van der Waals surface area contributed by atoms with E-state index < -0.39 is 0 Å². The Morgan fingerprint density at radius 1 is 1.39 bits per heavy atom. The lowest BCUT2D eigenvalue weighted by atomic mass is 10.1. The normalized spacial score (nSPS) is 12.5. The molecule has 1 atom stereocenters. The fourth-order valence-electron chi connectivity index (χ4n) is 1.35. The van der Waals surface area contributed by atoms with Gasteiger partial charge >= 0.3 is 0 Å². The maximum absolute atomic E-state index is 12.7. The van der Waals surface area contributed by atoms with E-state index in [1.165, 1.54) is 23.9 Å². The van der Waals surface area contributed by atoms with Crippen molar-refractivity contribution in [2.24, 2.45) is 5.92 Å². The van der Waals surface area contributed by atoms with Crippen molar-refractivity contribution in [2.45, 2.75) is 24.8 Å². The average molecular weight is 271 g/mol. The number of amides is 1. The van der Waals surface area contributed by atoms with E-state index in [9.17, 15) is 9.18 Å². The van der Waals surface area contributed by atoms with Crippen LogP contribution >= 0.6 is 11.8 Å². The van der Waals surface area contributed by atoms with Crippen molar-refractivity contribution in [1.82, 2.24) is 5.32 Å². The van der Waals surface area contributed by atoms with Crippen LogP contribution in [-0.2, 0) is 4.79 Å². The molecule has 2 N–H and O–H groups in total. The van der Waals surface area contributed by atoms with E-state index in [1.807, 2.05) is 13.8 Å². The lowest BCUT2D eigenvalue weighted by Crippen LogP contribution is -2.41. The number of carbonyl (C=O) groups is 1. The summed E-state index contributed by atoms with van der Waals surface area (Å²) in [5, 5.41) is 11.9. The molecule has 0 fully saturated rings. The van der Waals surface area contributed by atoms with Crippen LogP contribution in [0.4, 0.5) is 4.39 Å². The summed E-state index contributed by atoms with van der Waals surface area (Å²) in [5.74, 6) is 0.0327. The van der Waals surface area contributed by atoms with Gasteiger partial charge in [-0.15, -0.1) is 11.8 Å². The van der Waals surface area contributed by atoms with Crippen LogP contribution in [0.2, 0.25) is 0 Å². The highest BCUT2D eigenvalue weighted by molar-refractivity contribution is 8.00. The first kappa shape index (κ1) is 15.0. The Kier molecular flexibility index (Phi) is 6.15. The largest absolute Gasteiger partial charge is 0.394 e. The first-order chi connectivity index (χ1) is 8.52. The van der Waals surface area contributed by atoms with E-state index in [1.54, 1.807) is 12.1 Å².